The number of hydrogen-bond donors (Lipinski definition) is 4. The molecule has 1 aromatic rings. The summed E-state index contributed by atoms with van der Waals surface area (Å²) in [6.45, 7) is 2.89. The Morgan fingerprint density at radius 1 is 1.19 bits per heavy atom. The van der Waals surface area contributed by atoms with Gasteiger partial charge in [0.15, 0.2) is 0 Å². The number of carbonyl (C=O) groups is 1. The predicted molar refractivity (Wildman–Crippen MR) is 80.9 cm³/mol. The van der Waals surface area contributed by atoms with E-state index in [4.69, 9.17) is 10.2 Å². The SMILES string of the molecule is CCC(=O)Nc1ccc(C(O)CN(CCO)CCO)cc1. The van der Waals surface area contributed by atoms with E-state index in [0.29, 0.717) is 31.7 Å². The van der Waals surface area contributed by atoms with Crippen LogP contribution >= 0.6 is 0 Å². The topological polar surface area (TPSA) is 93.0 Å². The van der Waals surface area contributed by atoms with Crippen LogP contribution < -0.4 is 5.32 Å². The van der Waals surface area contributed by atoms with Gasteiger partial charge < -0.3 is 20.6 Å². The van der Waals surface area contributed by atoms with Crippen molar-refractivity contribution in [2.45, 2.75) is 19.4 Å². The maximum atomic E-state index is 11.3. The number of carbonyl (C=O) groups excluding carboxylic acids is 1. The van der Waals surface area contributed by atoms with Crippen molar-refractivity contribution in [2.24, 2.45) is 0 Å². The molecule has 1 aromatic carbocycles. The molecule has 0 aliphatic rings. The lowest BCUT2D eigenvalue weighted by atomic mass is 10.1. The molecule has 1 amide bonds. The van der Waals surface area contributed by atoms with Gasteiger partial charge in [-0.15, -0.1) is 0 Å². The Labute approximate surface area is 125 Å². The number of anilines is 1. The Bertz CT molecular complexity index is 416. The second-order valence-corrected chi connectivity index (χ2v) is 4.79. The van der Waals surface area contributed by atoms with Crippen molar-refractivity contribution in [3.8, 4) is 0 Å². The molecule has 0 bridgehead atoms. The second-order valence-electron chi connectivity index (χ2n) is 4.79. The summed E-state index contributed by atoms with van der Waals surface area (Å²) in [6.07, 6.45) is -0.291. The van der Waals surface area contributed by atoms with Crippen LogP contribution in [0.4, 0.5) is 5.69 Å². The van der Waals surface area contributed by atoms with Gasteiger partial charge in [-0.3, -0.25) is 9.69 Å². The molecule has 4 N–H and O–H groups in total. The summed E-state index contributed by atoms with van der Waals surface area (Å²) < 4.78 is 0. The summed E-state index contributed by atoms with van der Waals surface area (Å²) >= 11 is 0. The molecule has 0 spiro atoms. The molecule has 1 atom stereocenters. The van der Waals surface area contributed by atoms with Crippen molar-refractivity contribution >= 4 is 11.6 Å². The number of nitrogens with zero attached hydrogens (tertiary/aromatic N) is 1. The van der Waals surface area contributed by atoms with Crippen molar-refractivity contribution in [1.29, 1.82) is 0 Å². The molecule has 6 nitrogen and oxygen atoms in total. The monoisotopic (exact) mass is 296 g/mol. The van der Waals surface area contributed by atoms with Gasteiger partial charge in [-0.25, -0.2) is 0 Å². The smallest absolute Gasteiger partial charge is 0.224 e. The van der Waals surface area contributed by atoms with Crippen LogP contribution in [0.3, 0.4) is 0 Å². The van der Waals surface area contributed by atoms with E-state index in [1.807, 2.05) is 0 Å². The molecule has 1 rings (SSSR count). The van der Waals surface area contributed by atoms with Gasteiger partial charge in [-0.05, 0) is 17.7 Å². The molecule has 0 aliphatic heterocycles. The highest BCUT2D eigenvalue weighted by Gasteiger charge is 2.13. The van der Waals surface area contributed by atoms with Crippen LogP contribution in [-0.2, 0) is 4.79 Å². The number of amides is 1. The number of aliphatic hydroxyl groups is 3. The van der Waals surface area contributed by atoms with Crippen LogP contribution in [0.15, 0.2) is 24.3 Å². The zero-order valence-corrected chi connectivity index (χ0v) is 12.3. The highest BCUT2D eigenvalue weighted by molar-refractivity contribution is 5.90. The van der Waals surface area contributed by atoms with E-state index in [0.717, 1.165) is 5.56 Å². The summed E-state index contributed by atoms with van der Waals surface area (Å²) in [4.78, 5) is 13.1. The number of rotatable bonds is 9. The van der Waals surface area contributed by atoms with E-state index < -0.39 is 6.10 Å². The van der Waals surface area contributed by atoms with Gasteiger partial charge in [-0.2, -0.15) is 0 Å². The molecule has 0 aromatic heterocycles. The van der Waals surface area contributed by atoms with Gasteiger partial charge in [0.2, 0.25) is 5.91 Å². The minimum Gasteiger partial charge on any atom is -0.395 e. The molecule has 0 heterocycles. The first-order chi connectivity index (χ1) is 10.1. The van der Waals surface area contributed by atoms with Gasteiger partial charge in [0.1, 0.15) is 0 Å². The Morgan fingerprint density at radius 3 is 2.24 bits per heavy atom. The fourth-order valence-electron chi connectivity index (χ4n) is 1.97. The first-order valence-corrected chi connectivity index (χ1v) is 7.12. The minimum absolute atomic E-state index is 0.0191. The maximum absolute atomic E-state index is 11.3. The van der Waals surface area contributed by atoms with Crippen molar-refractivity contribution in [3.63, 3.8) is 0 Å². The third-order valence-corrected chi connectivity index (χ3v) is 3.16. The highest BCUT2D eigenvalue weighted by atomic mass is 16.3. The van der Waals surface area contributed by atoms with Gasteiger partial charge in [0, 0.05) is 31.7 Å². The zero-order chi connectivity index (χ0) is 15.7. The van der Waals surface area contributed by atoms with Gasteiger partial charge in [0.25, 0.3) is 0 Å². The molecule has 0 fully saturated rings. The van der Waals surface area contributed by atoms with Gasteiger partial charge >= 0.3 is 0 Å². The largest absolute Gasteiger partial charge is 0.395 e. The highest BCUT2D eigenvalue weighted by Crippen LogP contribution is 2.17. The van der Waals surface area contributed by atoms with Crippen LogP contribution in [0.5, 0.6) is 0 Å². The summed E-state index contributed by atoms with van der Waals surface area (Å²) in [5, 5.41) is 30.8. The normalized spacial score (nSPS) is 12.4. The van der Waals surface area contributed by atoms with Crippen LogP contribution in [0, 0.1) is 0 Å². The first-order valence-electron chi connectivity index (χ1n) is 7.12. The average Bonchev–Trinajstić information content (AvgIpc) is 2.48. The van der Waals surface area contributed by atoms with E-state index in [9.17, 15) is 9.90 Å². The van der Waals surface area contributed by atoms with Crippen LogP contribution in [0.2, 0.25) is 0 Å². The first kappa shape index (κ1) is 17.6. The van der Waals surface area contributed by atoms with E-state index in [1.165, 1.54) is 0 Å². The quantitative estimate of drug-likeness (QED) is 0.528. The lowest BCUT2D eigenvalue weighted by molar-refractivity contribution is -0.115. The van der Waals surface area contributed by atoms with E-state index in [1.54, 1.807) is 36.1 Å². The second kappa shape index (κ2) is 9.46. The standard InChI is InChI=1S/C15H24N2O4/c1-2-15(21)16-13-5-3-12(4-6-13)14(20)11-17(7-9-18)8-10-19/h3-6,14,18-20H,2,7-11H2,1H3,(H,16,21). The molecule has 0 saturated heterocycles. The molecule has 0 radical (unpaired) electrons. The summed E-state index contributed by atoms with van der Waals surface area (Å²) in [6, 6.07) is 7.00. The van der Waals surface area contributed by atoms with E-state index >= 15 is 0 Å². The molecule has 21 heavy (non-hydrogen) atoms. The maximum Gasteiger partial charge on any atom is 0.224 e. The molecule has 1 unspecified atom stereocenters. The zero-order valence-electron chi connectivity index (χ0n) is 12.3. The third kappa shape index (κ3) is 6.22. The number of nitrogens with one attached hydrogen (secondary N) is 1. The Hall–Kier alpha value is -1.47. The number of hydrogen-bond acceptors (Lipinski definition) is 5. The van der Waals surface area contributed by atoms with Crippen molar-refractivity contribution in [1.82, 2.24) is 4.90 Å². The number of benzene rings is 1. The van der Waals surface area contributed by atoms with Crippen LogP contribution in [0.1, 0.15) is 25.0 Å². The van der Waals surface area contributed by atoms with E-state index in [-0.39, 0.29) is 19.1 Å². The fraction of sp³-hybridized carbons (Fsp3) is 0.533. The number of aliphatic hydroxyl groups excluding tert-OH is 3. The van der Waals surface area contributed by atoms with Gasteiger partial charge in [-0.1, -0.05) is 19.1 Å². The van der Waals surface area contributed by atoms with E-state index in [2.05, 4.69) is 5.32 Å². The summed E-state index contributed by atoms with van der Waals surface area (Å²) in [7, 11) is 0. The fourth-order valence-corrected chi connectivity index (χ4v) is 1.97. The summed E-state index contributed by atoms with van der Waals surface area (Å²) in [5.41, 5.74) is 1.42. The molecule has 0 aliphatic carbocycles. The van der Waals surface area contributed by atoms with Crippen molar-refractivity contribution in [3.05, 3.63) is 29.8 Å². The Kier molecular flexibility index (Phi) is 7.92. The molecule has 6 heteroatoms. The Balaban J connectivity index is 2.61. The molecular formula is C15H24N2O4. The lowest BCUT2D eigenvalue weighted by Crippen LogP contribution is -2.33. The van der Waals surface area contributed by atoms with Crippen LogP contribution in [0.25, 0.3) is 0 Å². The lowest BCUT2D eigenvalue weighted by Gasteiger charge is -2.23. The molecular weight excluding hydrogens is 272 g/mol. The molecule has 0 saturated carbocycles. The van der Waals surface area contributed by atoms with Gasteiger partial charge in [0.05, 0.1) is 19.3 Å². The average molecular weight is 296 g/mol. The summed E-state index contributed by atoms with van der Waals surface area (Å²) in [5.74, 6) is -0.0552. The van der Waals surface area contributed by atoms with Crippen molar-refractivity contribution < 1.29 is 20.1 Å². The van der Waals surface area contributed by atoms with Crippen LogP contribution in [-0.4, -0.2) is 59.0 Å². The Morgan fingerprint density at radius 2 is 1.76 bits per heavy atom. The predicted octanol–water partition coefficient (Wildman–Crippen LogP) is 0.355. The molecule has 118 valence electrons. The third-order valence-electron chi connectivity index (χ3n) is 3.16. The van der Waals surface area contributed by atoms with Crippen molar-refractivity contribution in [2.75, 3.05) is 38.2 Å². The minimum atomic E-state index is -0.709.